The summed E-state index contributed by atoms with van der Waals surface area (Å²) < 4.78 is 9.18. The third kappa shape index (κ3) is 3.98. The molecule has 1 atom stereocenters. The van der Waals surface area contributed by atoms with Crippen LogP contribution in [0.15, 0.2) is 17.8 Å². The zero-order valence-corrected chi connectivity index (χ0v) is 15.8. The van der Waals surface area contributed by atoms with Crippen LogP contribution in [0.4, 0.5) is 0 Å². The van der Waals surface area contributed by atoms with Crippen molar-refractivity contribution in [1.29, 1.82) is 0 Å². The summed E-state index contributed by atoms with van der Waals surface area (Å²) in [6.07, 6.45) is 4.17. The van der Waals surface area contributed by atoms with Crippen molar-refractivity contribution in [1.82, 2.24) is 29.0 Å². The minimum Gasteiger partial charge on any atom is -0.483 e. The van der Waals surface area contributed by atoms with Crippen LogP contribution in [0.3, 0.4) is 0 Å². The number of nitrogens with zero attached hydrogens (tertiary/aromatic N) is 6. The fraction of sp³-hybridized carbons (Fsp3) is 0.438. The molecule has 0 radical (unpaired) electrons. The van der Waals surface area contributed by atoms with E-state index in [1.165, 1.54) is 0 Å². The van der Waals surface area contributed by atoms with Crippen LogP contribution in [0.1, 0.15) is 30.3 Å². The number of carbonyl (C=O) groups is 2. The molecule has 3 aromatic rings. The largest absolute Gasteiger partial charge is 0.483 e. The van der Waals surface area contributed by atoms with Gasteiger partial charge in [0.25, 0.3) is 6.47 Å². The van der Waals surface area contributed by atoms with Gasteiger partial charge in [0.1, 0.15) is 6.61 Å². The first-order valence-corrected chi connectivity index (χ1v) is 9.13. The van der Waals surface area contributed by atoms with Crippen LogP contribution in [0, 0.1) is 0 Å². The molecule has 0 spiro atoms. The molecule has 1 amide bonds. The maximum Gasteiger partial charge on any atom is 0.290 e. The second-order valence-corrected chi connectivity index (χ2v) is 6.94. The molecule has 1 aliphatic rings. The number of hydrogen-bond acceptors (Lipinski definition) is 7. The van der Waals surface area contributed by atoms with E-state index in [2.05, 4.69) is 26.7 Å². The van der Waals surface area contributed by atoms with Gasteiger partial charge in [-0.25, -0.2) is 4.98 Å². The highest BCUT2D eigenvalue weighted by Crippen LogP contribution is 2.22. The first-order chi connectivity index (χ1) is 13.1. The highest BCUT2D eigenvalue weighted by Gasteiger charge is 2.29. The number of methoxy groups -OCH3 is 1. The van der Waals surface area contributed by atoms with Crippen LogP contribution in [0.5, 0.6) is 0 Å². The monoisotopic (exact) mass is 392 g/mol. The summed E-state index contributed by atoms with van der Waals surface area (Å²) in [5.74, 6) is 1.68. The predicted octanol–water partition coefficient (Wildman–Crippen LogP) is 0.980. The van der Waals surface area contributed by atoms with Crippen molar-refractivity contribution in [2.75, 3.05) is 13.7 Å². The third-order valence-electron chi connectivity index (χ3n) is 4.20. The number of fused-ring (bicyclic) bond motifs is 2. The number of carboxylic acid groups (broad SMARTS) is 1. The molecule has 0 saturated heterocycles. The zero-order valence-electron chi connectivity index (χ0n) is 15.0. The van der Waals surface area contributed by atoms with Gasteiger partial charge in [0.2, 0.25) is 5.91 Å². The number of thiazole rings is 1. The molecule has 4 heterocycles. The van der Waals surface area contributed by atoms with Crippen LogP contribution in [-0.4, -0.2) is 60.2 Å². The first kappa shape index (κ1) is 19.0. The van der Waals surface area contributed by atoms with Crippen molar-refractivity contribution >= 4 is 28.7 Å². The fourth-order valence-electron chi connectivity index (χ4n) is 3.16. The number of carbonyl (C=O) groups excluding carboxylic acids is 1. The topological polar surface area (TPSA) is 115 Å². The van der Waals surface area contributed by atoms with Crippen molar-refractivity contribution in [3.63, 3.8) is 0 Å². The summed E-state index contributed by atoms with van der Waals surface area (Å²) in [4.78, 5) is 28.2. The summed E-state index contributed by atoms with van der Waals surface area (Å²) in [7, 11) is 1.64. The number of hydrogen-bond donors (Lipinski definition) is 1. The lowest BCUT2D eigenvalue weighted by Crippen LogP contribution is -2.41. The van der Waals surface area contributed by atoms with Crippen molar-refractivity contribution in [3.8, 4) is 0 Å². The molecule has 144 valence electrons. The lowest BCUT2D eigenvalue weighted by atomic mass is 10.2. The fourth-order valence-corrected chi connectivity index (χ4v) is 3.88. The van der Waals surface area contributed by atoms with Crippen LogP contribution < -0.4 is 0 Å². The molecule has 0 unspecified atom stereocenters. The minimum absolute atomic E-state index is 0.0649. The van der Waals surface area contributed by atoms with E-state index in [1.807, 2.05) is 27.1 Å². The summed E-state index contributed by atoms with van der Waals surface area (Å²) in [5.41, 5.74) is 0.798. The van der Waals surface area contributed by atoms with E-state index in [1.54, 1.807) is 18.4 Å². The molecule has 4 rings (SSSR count). The molecule has 1 N–H and O–H groups in total. The number of imidazole rings is 1. The molecular weight excluding hydrogens is 372 g/mol. The van der Waals surface area contributed by atoms with E-state index in [9.17, 15) is 4.79 Å². The van der Waals surface area contributed by atoms with Gasteiger partial charge in [-0.05, 0) is 6.92 Å². The Hall–Kier alpha value is -2.79. The average Bonchev–Trinajstić information content (AvgIpc) is 3.31. The summed E-state index contributed by atoms with van der Waals surface area (Å²) >= 11 is 1.56. The van der Waals surface area contributed by atoms with Crippen molar-refractivity contribution in [3.05, 3.63) is 35.1 Å². The Morgan fingerprint density at radius 1 is 1.48 bits per heavy atom. The Morgan fingerprint density at radius 2 is 2.26 bits per heavy atom. The lowest BCUT2D eigenvalue weighted by molar-refractivity contribution is -0.132. The van der Waals surface area contributed by atoms with Crippen LogP contribution in [0.25, 0.3) is 4.96 Å². The molecule has 10 nitrogen and oxygen atoms in total. The molecule has 27 heavy (non-hydrogen) atoms. The second-order valence-electron chi connectivity index (χ2n) is 6.07. The molecular formula is C16H20N6O4S. The summed E-state index contributed by atoms with van der Waals surface area (Å²) in [6.45, 7) is 3.36. The Balaban J connectivity index is 0.000000659. The molecule has 1 aliphatic heterocycles. The zero-order chi connectivity index (χ0) is 19.4. The molecule has 0 saturated carbocycles. The average molecular weight is 392 g/mol. The highest BCUT2D eigenvalue weighted by atomic mass is 32.1. The molecule has 11 heteroatoms. The van der Waals surface area contributed by atoms with Gasteiger partial charge in [-0.3, -0.25) is 14.0 Å². The minimum atomic E-state index is -0.250. The van der Waals surface area contributed by atoms with Crippen LogP contribution >= 0.6 is 11.3 Å². The van der Waals surface area contributed by atoms with Crippen LogP contribution in [0.2, 0.25) is 0 Å². The smallest absolute Gasteiger partial charge is 0.290 e. The van der Waals surface area contributed by atoms with E-state index >= 15 is 0 Å². The Kier molecular flexibility index (Phi) is 5.81. The number of amides is 1. The molecule has 0 bridgehead atoms. The van der Waals surface area contributed by atoms with Gasteiger partial charge >= 0.3 is 0 Å². The maximum absolute atomic E-state index is 12.7. The maximum atomic E-state index is 12.7. The van der Waals surface area contributed by atoms with Gasteiger partial charge in [-0.2, -0.15) is 0 Å². The van der Waals surface area contributed by atoms with Gasteiger partial charge in [0.05, 0.1) is 24.7 Å². The van der Waals surface area contributed by atoms with Crippen LogP contribution in [-0.2, 0) is 33.9 Å². The number of aromatic nitrogens is 5. The van der Waals surface area contributed by atoms with Gasteiger partial charge in [-0.1, -0.05) is 0 Å². The van der Waals surface area contributed by atoms with E-state index in [0.717, 1.165) is 22.3 Å². The van der Waals surface area contributed by atoms with Crippen molar-refractivity contribution in [2.24, 2.45) is 0 Å². The Bertz CT molecular complexity index is 904. The quantitative estimate of drug-likeness (QED) is 0.658. The summed E-state index contributed by atoms with van der Waals surface area (Å²) in [5, 5.41) is 17.3. The van der Waals surface area contributed by atoms with Gasteiger partial charge in [0, 0.05) is 31.4 Å². The van der Waals surface area contributed by atoms with Crippen molar-refractivity contribution in [2.45, 2.75) is 32.5 Å². The SMILES string of the molecule is COCc1nnc2n1[C@@H](C)CN(C(=O)Cc1cn3ccsc3n1)C2.O=CO. The highest BCUT2D eigenvalue weighted by molar-refractivity contribution is 7.15. The van der Waals surface area contributed by atoms with E-state index < -0.39 is 0 Å². The molecule has 0 aliphatic carbocycles. The molecule has 0 aromatic carbocycles. The molecule has 3 aromatic heterocycles. The normalized spacial score (nSPS) is 15.9. The van der Waals surface area contributed by atoms with E-state index in [4.69, 9.17) is 14.6 Å². The van der Waals surface area contributed by atoms with Gasteiger partial charge in [0.15, 0.2) is 16.6 Å². The van der Waals surface area contributed by atoms with E-state index in [0.29, 0.717) is 26.1 Å². The lowest BCUT2D eigenvalue weighted by Gasteiger charge is -2.32. The van der Waals surface area contributed by atoms with Gasteiger partial charge < -0.3 is 19.3 Å². The second kappa shape index (κ2) is 8.27. The Labute approximate surface area is 159 Å². The van der Waals surface area contributed by atoms with E-state index in [-0.39, 0.29) is 18.4 Å². The first-order valence-electron chi connectivity index (χ1n) is 8.25. The predicted molar refractivity (Wildman–Crippen MR) is 96.3 cm³/mol. The molecule has 0 fully saturated rings. The number of ether oxygens (including phenoxy) is 1. The number of rotatable bonds is 4. The van der Waals surface area contributed by atoms with Gasteiger partial charge in [-0.15, -0.1) is 21.5 Å². The third-order valence-corrected chi connectivity index (χ3v) is 4.97. The summed E-state index contributed by atoms with van der Waals surface area (Å²) in [6, 6.07) is 0.128. The Morgan fingerprint density at radius 3 is 2.96 bits per heavy atom. The van der Waals surface area contributed by atoms with Crippen molar-refractivity contribution < 1.29 is 19.4 Å². The standard InChI is InChI=1S/C15H18N6O2S.CH2O2/c1-10-6-20(8-12-17-18-13(9-23-2)21(10)12)14(22)5-11-7-19-3-4-24-15(19)16-11;2-1-3/h3-4,7,10H,5-6,8-9H2,1-2H3;1H,(H,2,3)/t10-;/m0./s1.